The molecular weight excluding hydrogens is 424 g/mol. The summed E-state index contributed by atoms with van der Waals surface area (Å²) in [6.45, 7) is 6.58. The van der Waals surface area contributed by atoms with Crippen molar-refractivity contribution in [2.75, 3.05) is 39.9 Å². The molecule has 2 heterocycles. The predicted molar refractivity (Wildman–Crippen MR) is 125 cm³/mol. The van der Waals surface area contributed by atoms with E-state index < -0.39 is 0 Å². The summed E-state index contributed by atoms with van der Waals surface area (Å²) in [5.74, 6) is 1.12. The molecule has 1 aliphatic heterocycles. The van der Waals surface area contributed by atoms with Crippen LogP contribution < -0.4 is 10.2 Å². The van der Waals surface area contributed by atoms with Crippen molar-refractivity contribution < 1.29 is 23.8 Å². The van der Waals surface area contributed by atoms with E-state index in [0.29, 0.717) is 78.5 Å². The largest absolute Gasteiger partial charge is 0.507 e. The number of aromatic hydroxyl groups is 1. The first-order valence-electron chi connectivity index (χ1n) is 11.0. The number of phenols is 1. The third kappa shape index (κ3) is 4.39. The fourth-order valence-electron chi connectivity index (χ4n) is 4.25. The number of amides is 1. The van der Waals surface area contributed by atoms with Crippen LogP contribution in [0.2, 0.25) is 0 Å². The molecule has 1 amide bonds. The van der Waals surface area contributed by atoms with Gasteiger partial charge < -0.3 is 23.9 Å². The van der Waals surface area contributed by atoms with Gasteiger partial charge >= 0.3 is 6.09 Å². The zero-order valence-electron chi connectivity index (χ0n) is 19.1. The molecule has 0 unspecified atom stereocenters. The quantitative estimate of drug-likeness (QED) is 0.630. The molecule has 0 saturated carbocycles. The minimum atomic E-state index is -0.310. The van der Waals surface area contributed by atoms with Crippen LogP contribution >= 0.6 is 0 Å². The van der Waals surface area contributed by atoms with Crippen LogP contribution in [0.4, 0.5) is 4.79 Å². The number of nitrogens with zero attached hydrogens (tertiary/aromatic N) is 2. The van der Waals surface area contributed by atoms with E-state index in [2.05, 4.69) is 4.90 Å². The molecule has 1 fully saturated rings. The number of aryl methyl sites for hydroxylation is 1. The number of benzene rings is 2. The molecule has 0 atom stereocenters. The summed E-state index contributed by atoms with van der Waals surface area (Å²) in [5, 5.41) is 11.0. The van der Waals surface area contributed by atoms with Crippen molar-refractivity contribution in [3.05, 3.63) is 57.9 Å². The van der Waals surface area contributed by atoms with Crippen LogP contribution in [-0.2, 0) is 11.3 Å². The van der Waals surface area contributed by atoms with Crippen LogP contribution in [0.5, 0.6) is 11.5 Å². The summed E-state index contributed by atoms with van der Waals surface area (Å²) in [5.41, 5.74) is 1.87. The zero-order chi connectivity index (χ0) is 23.5. The Hall–Kier alpha value is -3.52. The van der Waals surface area contributed by atoms with Crippen LogP contribution in [0.15, 0.2) is 45.6 Å². The molecule has 8 heteroatoms. The van der Waals surface area contributed by atoms with Gasteiger partial charge in [0.2, 0.25) is 5.43 Å². The van der Waals surface area contributed by atoms with Crippen LogP contribution in [-0.4, -0.2) is 60.9 Å². The summed E-state index contributed by atoms with van der Waals surface area (Å²) in [4.78, 5) is 29.2. The first-order valence-corrected chi connectivity index (χ1v) is 11.0. The highest BCUT2D eigenvalue weighted by Crippen LogP contribution is 2.34. The summed E-state index contributed by atoms with van der Waals surface area (Å²) < 4.78 is 16.7. The number of phenolic OH excluding ortho intramolecular Hbond substituents is 1. The van der Waals surface area contributed by atoms with Gasteiger partial charge in [-0.15, -0.1) is 0 Å². The van der Waals surface area contributed by atoms with Gasteiger partial charge in [-0.1, -0.05) is 18.2 Å². The van der Waals surface area contributed by atoms with Gasteiger partial charge in [0.15, 0.2) is 0 Å². The topological polar surface area (TPSA) is 92.5 Å². The van der Waals surface area contributed by atoms with Gasteiger partial charge in [0.1, 0.15) is 22.8 Å². The van der Waals surface area contributed by atoms with Crippen molar-refractivity contribution in [2.24, 2.45) is 0 Å². The van der Waals surface area contributed by atoms with E-state index in [-0.39, 0.29) is 17.3 Å². The minimum Gasteiger partial charge on any atom is -0.507 e. The standard InChI is InChI=1S/C25H28N2O6/c1-4-32-25(30)27-13-11-26(12-14-27)15-19-20(28)10-9-18-23(29)22(16(2)33-24(18)19)17-7-5-6-8-21(17)31-3/h5-10,28H,4,11-15H2,1-3H3. The molecule has 174 valence electrons. The number of fused-ring (bicyclic) bond motifs is 1. The number of para-hydroxylation sites is 1. The average molecular weight is 453 g/mol. The molecule has 0 aliphatic carbocycles. The number of methoxy groups -OCH3 is 1. The third-order valence-corrected chi connectivity index (χ3v) is 5.97. The Balaban J connectivity index is 1.68. The summed E-state index contributed by atoms with van der Waals surface area (Å²) in [7, 11) is 1.56. The molecule has 2 aromatic carbocycles. The van der Waals surface area contributed by atoms with E-state index in [0.717, 1.165) is 0 Å². The van der Waals surface area contributed by atoms with E-state index >= 15 is 0 Å². The number of hydrogen-bond donors (Lipinski definition) is 1. The van der Waals surface area contributed by atoms with Gasteiger partial charge in [-0.3, -0.25) is 9.69 Å². The number of piperazine rings is 1. The maximum Gasteiger partial charge on any atom is 0.409 e. The summed E-state index contributed by atoms with van der Waals surface area (Å²) in [6.07, 6.45) is -0.310. The zero-order valence-corrected chi connectivity index (χ0v) is 19.1. The summed E-state index contributed by atoms with van der Waals surface area (Å²) in [6, 6.07) is 10.4. The molecule has 1 N–H and O–H groups in total. The van der Waals surface area contributed by atoms with Gasteiger partial charge in [-0.2, -0.15) is 0 Å². The van der Waals surface area contributed by atoms with E-state index in [4.69, 9.17) is 13.9 Å². The SMILES string of the molecule is CCOC(=O)N1CCN(Cc2c(O)ccc3c(=O)c(-c4ccccc4OC)c(C)oc23)CC1. The molecular formula is C25H28N2O6. The van der Waals surface area contributed by atoms with Crippen LogP contribution in [0.25, 0.3) is 22.1 Å². The summed E-state index contributed by atoms with van der Waals surface area (Å²) >= 11 is 0. The van der Waals surface area contributed by atoms with Crippen molar-refractivity contribution in [1.29, 1.82) is 0 Å². The van der Waals surface area contributed by atoms with E-state index in [9.17, 15) is 14.7 Å². The lowest BCUT2D eigenvalue weighted by Gasteiger charge is -2.34. The Morgan fingerprint density at radius 2 is 1.85 bits per heavy atom. The first-order chi connectivity index (χ1) is 15.9. The Kier molecular flexibility index (Phi) is 6.55. The Labute approximate surface area is 191 Å². The maximum absolute atomic E-state index is 13.5. The normalized spacial score (nSPS) is 14.5. The smallest absolute Gasteiger partial charge is 0.409 e. The molecule has 0 spiro atoms. The molecule has 0 radical (unpaired) electrons. The van der Waals surface area contributed by atoms with Crippen LogP contribution in [0.3, 0.4) is 0 Å². The molecule has 1 aliphatic rings. The van der Waals surface area contributed by atoms with E-state index in [1.54, 1.807) is 38.0 Å². The minimum absolute atomic E-state index is 0.0721. The van der Waals surface area contributed by atoms with Crippen LogP contribution in [0.1, 0.15) is 18.2 Å². The second-order valence-electron chi connectivity index (χ2n) is 7.96. The second kappa shape index (κ2) is 9.54. The number of hydrogen-bond acceptors (Lipinski definition) is 7. The molecule has 4 rings (SSSR count). The Morgan fingerprint density at radius 3 is 2.55 bits per heavy atom. The third-order valence-electron chi connectivity index (χ3n) is 5.97. The maximum atomic E-state index is 13.5. The van der Waals surface area contributed by atoms with E-state index in [1.165, 1.54) is 6.07 Å². The number of carbonyl (C=O) groups is 1. The van der Waals surface area contributed by atoms with Gasteiger partial charge in [0.25, 0.3) is 0 Å². The highest BCUT2D eigenvalue weighted by atomic mass is 16.6. The average Bonchev–Trinajstić information content (AvgIpc) is 2.82. The van der Waals surface area contributed by atoms with Crippen molar-refractivity contribution in [1.82, 2.24) is 9.80 Å². The van der Waals surface area contributed by atoms with E-state index in [1.807, 2.05) is 18.2 Å². The highest BCUT2D eigenvalue weighted by Gasteiger charge is 2.25. The van der Waals surface area contributed by atoms with Crippen molar-refractivity contribution in [3.63, 3.8) is 0 Å². The fourth-order valence-corrected chi connectivity index (χ4v) is 4.25. The van der Waals surface area contributed by atoms with Gasteiger partial charge in [0.05, 0.1) is 30.2 Å². The van der Waals surface area contributed by atoms with Crippen molar-refractivity contribution >= 4 is 17.1 Å². The lowest BCUT2D eigenvalue weighted by atomic mass is 10.00. The molecule has 33 heavy (non-hydrogen) atoms. The monoisotopic (exact) mass is 452 g/mol. The van der Waals surface area contributed by atoms with Crippen LogP contribution in [0, 0.1) is 6.92 Å². The molecule has 3 aromatic rings. The second-order valence-corrected chi connectivity index (χ2v) is 7.96. The fraction of sp³-hybridized carbons (Fsp3) is 0.360. The Morgan fingerprint density at radius 1 is 1.12 bits per heavy atom. The lowest BCUT2D eigenvalue weighted by molar-refractivity contribution is 0.0776. The number of ether oxygens (including phenoxy) is 2. The van der Waals surface area contributed by atoms with Gasteiger partial charge in [-0.25, -0.2) is 4.79 Å². The molecule has 1 saturated heterocycles. The molecule has 0 bridgehead atoms. The number of carbonyl (C=O) groups excluding carboxylic acids is 1. The van der Waals surface area contributed by atoms with Crippen molar-refractivity contribution in [3.8, 4) is 22.6 Å². The molecule has 1 aromatic heterocycles. The van der Waals surface area contributed by atoms with Gasteiger partial charge in [-0.05, 0) is 32.0 Å². The van der Waals surface area contributed by atoms with Crippen molar-refractivity contribution in [2.45, 2.75) is 20.4 Å². The van der Waals surface area contributed by atoms with Gasteiger partial charge in [0, 0.05) is 38.3 Å². The highest BCUT2D eigenvalue weighted by molar-refractivity contribution is 5.87. The lowest BCUT2D eigenvalue weighted by Crippen LogP contribution is -2.48. The molecule has 8 nitrogen and oxygen atoms in total. The predicted octanol–water partition coefficient (Wildman–Crippen LogP) is 3.76. The number of rotatable bonds is 5. The Bertz CT molecular complexity index is 1230. The first kappa shape index (κ1) is 22.7.